The number of aromatic amines is 1. The van der Waals surface area contributed by atoms with Crippen molar-refractivity contribution in [2.24, 2.45) is 0 Å². The minimum absolute atomic E-state index is 0.0954. The summed E-state index contributed by atoms with van der Waals surface area (Å²) in [7, 11) is 0. The topological polar surface area (TPSA) is 89.6 Å². The summed E-state index contributed by atoms with van der Waals surface area (Å²) in [4.78, 5) is 22.3. The van der Waals surface area contributed by atoms with E-state index in [9.17, 15) is 4.79 Å². The number of hydrogen-bond donors (Lipinski definition) is 1. The Hall–Kier alpha value is -2.69. The molecule has 0 bridgehead atoms. The molecule has 0 spiro atoms. The lowest BCUT2D eigenvalue weighted by Crippen LogP contribution is -2.12. The Labute approximate surface area is 183 Å². The summed E-state index contributed by atoms with van der Waals surface area (Å²) in [5.41, 5.74) is 0.609. The Morgan fingerprint density at radius 2 is 2.17 bits per heavy atom. The van der Waals surface area contributed by atoms with Gasteiger partial charge >= 0.3 is 0 Å². The Morgan fingerprint density at radius 1 is 1.27 bits per heavy atom. The van der Waals surface area contributed by atoms with Crippen molar-refractivity contribution in [1.82, 2.24) is 24.7 Å². The highest BCUT2D eigenvalue weighted by atomic mass is 32.2. The molecule has 0 aliphatic rings. The number of aromatic nitrogens is 5. The fourth-order valence-electron chi connectivity index (χ4n) is 3.23. The second-order valence-corrected chi connectivity index (χ2v) is 9.66. The third kappa shape index (κ3) is 3.30. The highest BCUT2D eigenvalue weighted by Gasteiger charge is 2.21. The van der Waals surface area contributed by atoms with Crippen molar-refractivity contribution in [1.29, 1.82) is 0 Å². The maximum Gasteiger partial charge on any atom is 0.260 e. The standard InChI is InChI=1S/C20H17N5O2S3/c1-3-25-17(14-7-5-9-28-14)23-24-20(25)30-11(2)16-21-18(26)15-12(10-29-19(15)22-16)13-6-4-8-27-13/h4-11H,3H2,1-2H3,(H,21,22,26). The van der Waals surface area contributed by atoms with Crippen LogP contribution in [0.3, 0.4) is 0 Å². The van der Waals surface area contributed by atoms with Crippen molar-refractivity contribution in [3.05, 3.63) is 57.5 Å². The van der Waals surface area contributed by atoms with Crippen LogP contribution in [0.5, 0.6) is 0 Å². The zero-order valence-electron chi connectivity index (χ0n) is 16.2. The van der Waals surface area contributed by atoms with Crippen LogP contribution in [0.2, 0.25) is 0 Å². The van der Waals surface area contributed by atoms with Gasteiger partial charge in [-0.1, -0.05) is 17.8 Å². The van der Waals surface area contributed by atoms with Crippen molar-refractivity contribution in [3.63, 3.8) is 0 Å². The van der Waals surface area contributed by atoms with Gasteiger partial charge < -0.3 is 14.0 Å². The summed E-state index contributed by atoms with van der Waals surface area (Å²) < 4.78 is 7.55. The maximum absolute atomic E-state index is 12.8. The van der Waals surface area contributed by atoms with Gasteiger partial charge in [0, 0.05) is 17.5 Å². The number of thiophene rings is 2. The molecule has 0 fully saturated rings. The normalized spacial score (nSPS) is 12.6. The first-order valence-electron chi connectivity index (χ1n) is 9.34. The van der Waals surface area contributed by atoms with Crippen molar-refractivity contribution >= 4 is 44.7 Å². The number of fused-ring (bicyclic) bond motifs is 1. The molecule has 0 radical (unpaired) electrons. The molecule has 0 saturated carbocycles. The molecule has 30 heavy (non-hydrogen) atoms. The molecule has 0 aliphatic heterocycles. The Bertz CT molecular complexity index is 1350. The maximum atomic E-state index is 12.8. The second kappa shape index (κ2) is 7.86. The van der Waals surface area contributed by atoms with Crippen LogP contribution in [-0.4, -0.2) is 24.7 Å². The van der Waals surface area contributed by atoms with E-state index in [0.717, 1.165) is 28.0 Å². The van der Waals surface area contributed by atoms with Crippen LogP contribution in [0.4, 0.5) is 0 Å². The summed E-state index contributed by atoms with van der Waals surface area (Å²) in [5.74, 6) is 2.15. The van der Waals surface area contributed by atoms with Crippen LogP contribution in [0.25, 0.3) is 32.2 Å². The van der Waals surface area contributed by atoms with Gasteiger partial charge in [-0.25, -0.2) is 4.98 Å². The number of hydrogen-bond acceptors (Lipinski definition) is 8. The van der Waals surface area contributed by atoms with E-state index >= 15 is 0 Å². The van der Waals surface area contributed by atoms with E-state index in [4.69, 9.17) is 9.40 Å². The first-order valence-corrected chi connectivity index (χ1v) is 12.0. The summed E-state index contributed by atoms with van der Waals surface area (Å²) in [6.07, 6.45) is 1.60. The lowest BCUT2D eigenvalue weighted by molar-refractivity contribution is 0.583. The number of nitrogens with one attached hydrogen (secondary N) is 1. The van der Waals surface area contributed by atoms with Crippen LogP contribution in [0.15, 0.2) is 55.7 Å². The molecule has 0 aliphatic carbocycles. The van der Waals surface area contributed by atoms with E-state index < -0.39 is 0 Å². The molecule has 152 valence electrons. The summed E-state index contributed by atoms with van der Waals surface area (Å²) in [5, 5.41) is 14.0. The number of thioether (sulfide) groups is 1. The van der Waals surface area contributed by atoms with Crippen LogP contribution in [-0.2, 0) is 6.54 Å². The van der Waals surface area contributed by atoms with E-state index in [1.165, 1.54) is 23.1 Å². The molecule has 7 nitrogen and oxygen atoms in total. The number of nitrogens with zero attached hydrogens (tertiary/aromatic N) is 4. The quantitative estimate of drug-likeness (QED) is 0.343. The minimum Gasteiger partial charge on any atom is -0.464 e. The molecule has 0 aromatic carbocycles. The lowest BCUT2D eigenvalue weighted by Gasteiger charge is -2.11. The molecular formula is C20H17N5O2S3. The third-order valence-electron chi connectivity index (χ3n) is 4.69. The average Bonchev–Trinajstić information content (AvgIpc) is 3.53. The molecule has 0 amide bonds. The zero-order chi connectivity index (χ0) is 20.7. The number of rotatable bonds is 6. The number of H-pyrrole nitrogens is 1. The lowest BCUT2D eigenvalue weighted by atomic mass is 10.2. The van der Waals surface area contributed by atoms with E-state index in [1.54, 1.807) is 17.6 Å². The van der Waals surface area contributed by atoms with E-state index in [1.807, 2.05) is 41.9 Å². The van der Waals surface area contributed by atoms with Gasteiger partial charge in [0.05, 0.1) is 21.8 Å². The molecule has 5 aromatic rings. The van der Waals surface area contributed by atoms with Crippen LogP contribution in [0.1, 0.15) is 24.9 Å². The van der Waals surface area contributed by atoms with E-state index in [0.29, 0.717) is 21.8 Å². The predicted octanol–water partition coefficient (Wildman–Crippen LogP) is 5.44. The van der Waals surface area contributed by atoms with E-state index in [2.05, 4.69) is 26.7 Å². The highest BCUT2D eigenvalue weighted by Crippen LogP contribution is 2.36. The first kappa shape index (κ1) is 19.3. The Morgan fingerprint density at radius 3 is 2.90 bits per heavy atom. The van der Waals surface area contributed by atoms with Gasteiger partial charge in [-0.2, -0.15) is 0 Å². The van der Waals surface area contributed by atoms with Gasteiger partial charge in [0.15, 0.2) is 11.0 Å². The van der Waals surface area contributed by atoms with Crippen LogP contribution >= 0.6 is 34.4 Å². The molecule has 1 unspecified atom stereocenters. The predicted molar refractivity (Wildman–Crippen MR) is 121 cm³/mol. The summed E-state index contributed by atoms with van der Waals surface area (Å²) >= 11 is 4.62. The Kier molecular flexibility index (Phi) is 5.05. The van der Waals surface area contributed by atoms with Crippen molar-refractivity contribution in [3.8, 4) is 22.0 Å². The van der Waals surface area contributed by atoms with Crippen molar-refractivity contribution in [2.75, 3.05) is 0 Å². The fourth-order valence-corrected chi connectivity index (χ4v) is 5.86. The van der Waals surface area contributed by atoms with E-state index in [-0.39, 0.29) is 10.8 Å². The smallest absolute Gasteiger partial charge is 0.260 e. The SMILES string of the molecule is CCn1c(SC(C)c2nc3scc(-c4ccco4)c3c(=O)[nH]2)nnc1-c1cccs1. The first-order chi connectivity index (χ1) is 14.7. The van der Waals surface area contributed by atoms with Gasteiger partial charge in [-0.3, -0.25) is 4.79 Å². The van der Waals surface area contributed by atoms with Crippen molar-refractivity contribution in [2.45, 2.75) is 30.8 Å². The Balaban J connectivity index is 1.47. The van der Waals surface area contributed by atoms with Gasteiger partial charge in [0.25, 0.3) is 5.56 Å². The minimum atomic E-state index is -0.161. The van der Waals surface area contributed by atoms with Gasteiger partial charge in [0.1, 0.15) is 16.4 Å². The molecule has 10 heteroatoms. The van der Waals surface area contributed by atoms with Gasteiger partial charge in [-0.15, -0.1) is 32.9 Å². The molecule has 5 heterocycles. The monoisotopic (exact) mass is 455 g/mol. The third-order valence-corrected chi connectivity index (χ3v) is 7.52. The molecular weight excluding hydrogens is 438 g/mol. The molecule has 0 saturated heterocycles. The highest BCUT2D eigenvalue weighted by molar-refractivity contribution is 7.99. The molecule has 5 aromatic heterocycles. The fraction of sp³-hybridized carbons (Fsp3) is 0.200. The largest absolute Gasteiger partial charge is 0.464 e. The molecule has 1 atom stereocenters. The van der Waals surface area contributed by atoms with Gasteiger partial charge in [0.2, 0.25) is 0 Å². The molecule has 5 rings (SSSR count). The number of furan rings is 1. The van der Waals surface area contributed by atoms with Crippen molar-refractivity contribution < 1.29 is 4.42 Å². The van der Waals surface area contributed by atoms with Crippen LogP contribution in [0, 0.1) is 0 Å². The second-order valence-electron chi connectivity index (χ2n) is 6.55. The van der Waals surface area contributed by atoms with Crippen LogP contribution < -0.4 is 5.56 Å². The average molecular weight is 456 g/mol. The molecule has 1 N–H and O–H groups in total. The zero-order valence-corrected chi connectivity index (χ0v) is 18.6. The summed E-state index contributed by atoms with van der Waals surface area (Å²) in [6.45, 7) is 4.84. The van der Waals surface area contributed by atoms with Gasteiger partial charge in [-0.05, 0) is 37.4 Å². The summed E-state index contributed by atoms with van der Waals surface area (Å²) in [6, 6.07) is 7.70.